The molecule has 0 radical (unpaired) electrons. The van der Waals surface area contributed by atoms with Crippen LogP contribution in [0.3, 0.4) is 0 Å². The summed E-state index contributed by atoms with van der Waals surface area (Å²) in [7, 11) is 0. The van der Waals surface area contributed by atoms with Gasteiger partial charge in [0.2, 0.25) is 5.91 Å². The zero-order chi connectivity index (χ0) is 16.4. The van der Waals surface area contributed by atoms with Gasteiger partial charge in [-0.3, -0.25) is 9.59 Å². The Morgan fingerprint density at radius 2 is 1.87 bits per heavy atom. The molecule has 2 atom stereocenters. The summed E-state index contributed by atoms with van der Waals surface area (Å²) in [6.07, 6.45) is 3.28. The number of carbonyl (C=O) groups is 1. The number of aromatic nitrogens is 3. The van der Waals surface area contributed by atoms with E-state index in [0.29, 0.717) is 5.52 Å². The van der Waals surface area contributed by atoms with Gasteiger partial charge in [-0.05, 0) is 31.5 Å². The summed E-state index contributed by atoms with van der Waals surface area (Å²) in [5, 5.41) is 7.00. The largest absolute Gasteiger partial charge is 0.348 e. The van der Waals surface area contributed by atoms with E-state index in [1.807, 2.05) is 37.3 Å². The molecule has 1 aromatic carbocycles. The van der Waals surface area contributed by atoms with Gasteiger partial charge in [0.25, 0.3) is 5.56 Å². The van der Waals surface area contributed by atoms with E-state index in [0.717, 1.165) is 5.56 Å². The zero-order valence-corrected chi connectivity index (χ0v) is 13.0. The highest BCUT2D eigenvalue weighted by Crippen LogP contribution is 2.13. The lowest BCUT2D eigenvalue weighted by Crippen LogP contribution is -2.38. The van der Waals surface area contributed by atoms with Gasteiger partial charge >= 0.3 is 0 Å². The van der Waals surface area contributed by atoms with E-state index < -0.39 is 6.04 Å². The topological polar surface area (TPSA) is 68.4 Å². The Hall–Kier alpha value is -2.89. The van der Waals surface area contributed by atoms with Gasteiger partial charge in [-0.2, -0.15) is 5.10 Å². The molecule has 0 fully saturated rings. The summed E-state index contributed by atoms with van der Waals surface area (Å²) in [4.78, 5) is 24.8. The van der Waals surface area contributed by atoms with Crippen molar-refractivity contribution in [1.29, 1.82) is 0 Å². The average molecular weight is 310 g/mol. The second-order valence-corrected chi connectivity index (χ2v) is 5.50. The summed E-state index contributed by atoms with van der Waals surface area (Å²) in [6, 6.07) is 12.3. The molecule has 0 unspecified atom stereocenters. The minimum absolute atomic E-state index is 0.140. The van der Waals surface area contributed by atoms with Gasteiger partial charge < -0.3 is 9.72 Å². The molecular formula is C17H18N4O2. The molecule has 0 aliphatic rings. The molecule has 0 aliphatic heterocycles. The second-order valence-electron chi connectivity index (χ2n) is 5.50. The standard InChI is InChI=1S/C17H18N4O2/c1-12(14-7-4-3-5-8-14)19-16(22)13(2)21-17(23)15-9-6-10-20(15)11-18-21/h3-13H,1-2H3,(H,19,22)/t12-,13+/m0/s1. The molecule has 6 nitrogen and oxygen atoms in total. The van der Waals surface area contributed by atoms with Crippen LogP contribution in [0.4, 0.5) is 0 Å². The van der Waals surface area contributed by atoms with E-state index >= 15 is 0 Å². The number of carbonyl (C=O) groups excluding carboxylic acids is 1. The minimum Gasteiger partial charge on any atom is -0.348 e. The Labute approximate surface area is 133 Å². The molecule has 3 aromatic rings. The Kier molecular flexibility index (Phi) is 3.97. The lowest BCUT2D eigenvalue weighted by molar-refractivity contribution is -0.124. The summed E-state index contributed by atoms with van der Waals surface area (Å²) in [5.41, 5.74) is 1.22. The quantitative estimate of drug-likeness (QED) is 0.800. The van der Waals surface area contributed by atoms with Crippen LogP contribution in [0.25, 0.3) is 5.52 Å². The van der Waals surface area contributed by atoms with Crippen LogP contribution in [0.2, 0.25) is 0 Å². The third-order valence-corrected chi connectivity index (χ3v) is 3.91. The van der Waals surface area contributed by atoms with Gasteiger partial charge in [-0.1, -0.05) is 30.3 Å². The van der Waals surface area contributed by atoms with E-state index in [1.54, 1.807) is 29.7 Å². The first-order valence-corrected chi connectivity index (χ1v) is 7.48. The summed E-state index contributed by atoms with van der Waals surface area (Å²) < 4.78 is 2.85. The molecule has 3 rings (SSSR count). The van der Waals surface area contributed by atoms with Gasteiger partial charge in [0, 0.05) is 6.20 Å². The maximum atomic E-state index is 12.4. The fourth-order valence-corrected chi connectivity index (χ4v) is 2.50. The molecule has 0 bridgehead atoms. The molecule has 6 heteroatoms. The van der Waals surface area contributed by atoms with Gasteiger partial charge in [-0.25, -0.2) is 4.68 Å². The van der Waals surface area contributed by atoms with E-state index in [4.69, 9.17) is 0 Å². The van der Waals surface area contributed by atoms with Crippen molar-refractivity contribution in [3.05, 3.63) is 70.9 Å². The summed E-state index contributed by atoms with van der Waals surface area (Å²) in [5.74, 6) is -0.244. The van der Waals surface area contributed by atoms with Gasteiger partial charge in [0.15, 0.2) is 0 Å². The maximum absolute atomic E-state index is 12.4. The van der Waals surface area contributed by atoms with Crippen molar-refractivity contribution in [1.82, 2.24) is 19.5 Å². The molecule has 0 aliphatic carbocycles. The molecule has 0 spiro atoms. The number of nitrogens with one attached hydrogen (secondary N) is 1. The molecule has 2 heterocycles. The van der Waals surface area contributed by atoms with Crippen molar-refractivity contribution in [2.75, 3.05) is 0 Å². The van der Waals surface area contributed by atoms with Gasteiger partial charge in [0.05, 0.1) is 6.04 Å². The van der Waals surface area contributed by atoms with Crippen LogP contribution >= 0.6 is 0 Å². The number of benzene rings is 1. The molecule has 0 saturated carbocycles. The molecule has 0 saturated heterocycles. The van der Waals surface area contributed by atoms with Crippen molar-refractivity contribution in [3.8, 4) is 0 Å². The average Bonchev–Trinajstić information content (AvgIpc) is 3.05. The monoisotopic (exact) mass is 310 g/mol. The summed E-state index contributed by atoms with van der Waals surface area (Å²) in [6.45, 7) is 3.58. The lowest BCUT2D eigenvalue weighted by atomic mass is 10.1. The number of hydrogen-bond donors (Lipinski definition) is 1. The number of hydrogen-bond acceptors (Lipinski definition) is 3. The number of amides is 1. The van der Waals surface area contributed by atoms with Crippen molar-refractivity contribution in [2.24, 2.45) is 0 Å². The SMILES string of the molecule is C[C@H](NC(=O)[C@@H](C)n1ncn2cccc2c1=O)c1ccccc1. The number of nitrogens with zero attached hydrogens (tertiary/aromatic N) is 3. The van der Waals surface area contributed by atoms with Crippen molar-refractivity contribution in [2.45, 2.75) is 25.9 Å². The molecule has 23 heavy (non-hydrogen) atoms. The van der Waals surface area contributed by atoms with Crippen LogP contribution in [0.1, 0.15) is 31.5 Å². The van der Waals surface area contributed by atoms with Gasteiger partial charge in [-0.15, -0.1) is 0 Å². The lowest BCUT2D eigenvalue weighted by Gasteiger charge is -2.18. The summed E-state index contributed by atoms with van der Waals surface area (Å²) >= 11 is 0. The Morgan fingerprint density at radius 3 is 2.61 bits per heavy atom. The van der Waals surface area contributed by atoms with Crippen LogP contribution < -0.4 is 10.9 Å². The smallest absolute Gasteiger partial charge is 0.291 e. The Balaban J connectivity index is 1.81. The normalized spacial score (nSPS) is 13.7. The first-order chi connectivity index (χ1) is 11.1. The molecular weight excluding hydrogens is 292 g/mol. The first kappa shape index (κ1) is 15.0. The van der Waals surface area contributed by atoms with Crippen LogP contribution in [-0.2, 0) is 4.79 Å². The van der Waals surface area contributed by atoms with E-state index in [2.05, 4.69) is 10.4 Å². The molecule has 1 N–H and O–H groups in total. The fourth-order valence-electron chi connectivity index (χ4n) is 2.50. The first-order valence-electron chi connectivity index (χ1n) is 7.48. The van der Waals surface area contributed by atoms with Crippen LogP contribution in [0.15, 0.2) is 59.8 Å². The third-order valence-electron chi connectivity index (χ3n) is 3.91. The van der Waals surface area contributed by atoms with Gasteiger partial charge in [0.1, 0.15) is 17.9 Å². The Bertz CT molecular complexity index is 882. The van der Waals surface area contributed by atoms with Crippen molar-refractivity contribution >= 4 is 11.4 Å². The molecule has 2 aromatic heterocycles. The van der Waals surface area contributed by atoms with E-state index in [1.165, 1.54) is 11.0 Å². The Morgan fingerprint density at radius 1 is 1.13 bits per heavy atom. The highest BCUT2D eigenvalue weighted by molar-refractivity contribution is 5.80. The third kappa shape index (κ3) is 2.88. The second kappa shape index (κ2) is 6.08. The van der Waals surface area contributed by atoms with E-state index in [9.17, 15) is 9.59 Å². The maximum Gasteiger partial charge on any atom is 0.291 e. The minimum atomic E-state index is -0.687. The highest BCUT2D eigenvalue weighted by Gasteiger charge is 2.20. The fraction of sp³-hybridized carbons (Fsp3) is 0.235. The number of fused-ring (bicyclic) bond motifs is 1. The van der Waals surface area contributed by atoms with Crippen LogP contribution in [0.5, 0.6) is 0 Å². The van der Waals surface area contributed by atoms with Crippen LogP contribution in [0, 0.1) is 0 Å². The molecule has 1 amide bonds. The van der Waals surface area contributed by atoms with Crippen molar-refractivity contribution < 1.29 is 4.79 Å². The number of rotatable bonds is 4. The predicted octanol–water partition coefficient (Wildman–Crippen LogP) is 1.93. The van der Waals surface area contributed by atoms with Crippen LogP contribution in [-0.4, -0.2) is 20.1 Å². The predicted molar refractivity (Wildman–Crippen MR) is 87.2 cm³/mol. The highest BCUT2D eigenvalue weighted by atomic mass is 16.2. The zero-order valence-electron chi connectivity index (χ0n) is 13.0. The van der Waals surface area contributed by atoms with Crippen molar-refractivity contribution in [3.63, 3.8) is 0 Å². The van der Waals surface area contributed by atoms with E-state index in [-0.39, 0.29) is 17.5 Å². The molecule has 118 valence electrons.